The SMILES string of the molecule is CCC[C@@H](NC(=O)c1cc(F)cc(F)c1)C(=O)O. The molecule has 0 spiro atoms. The van der Waals surface area contributed by atoms with Crippen LogP contribution in [-0.2, 0) is 4.79 Å². The van der Waals surface area contributed by atoms with E-state index in [1.807, 2.05) is 0 Å². The van der Waals surface area contributed by atoms with E-state index in [1.165, 1.54) is 0 Å². The van der Waals surface area contributed by atoms with Crippen molar-refractivity contribution in [3.8, 4) is 0 Å². The first kappa shape index (κ1) is 14.1. The van der Waals surface area contributed by atoms with Gasteiger partial charge in [-0.3, -0.25) is 4.79 Å². The second-order valence-electron chi connectivity index (χ2n) is 3.81. The van der Waals surface area contributed by atoms with Gasteiger partial charge in [0.05, 0.1) is 0 Å². The number of benzene rings is 1. The Kier molecular flexibility index (Phi) is 4.76. The molecule has 1 aromatic rings. The maximum atomic E-state index is 12.9. The molecule has 0 unspecified atom stereocenters. The summed E-state index contributed by atoms with van der Waals surface area (Å²) < 4.78 is 25.8. The van der Waals surface area contributed by atoms with Crippen molar-refractivity contribution in [3.63, 3.8) is 0 Å². The van der Waals surface area contributed by atoms with E-state index in [-0.39, 0.29) is 12.0 Å². The van der Waals surface area contributed by atoms with Gasteiger partial charge >= 0.3 is 5.97 Å². The van der Waals surface area contributed by atoms with E-state index in [2.05, 4.69) is 5.32 Å². The monoisotopic (exact) mass is 257 g/mol. The highest BCUT2D eigenvalue weighted by molar-refractivity contribution is 5.96. The summed E-state index contributed by atoms with van der Waals surface area (Å²) in [6.07, 6.45) is 0.813. The number of hydrogen-bond donors (Lipinski definition) is 2. The van der Waals surface area contributed by atoms with E-state index >= 15 is 0 Å². The Balaban J connectivity index is 2.83. The molecule has 0 aliphatic heterocycles. The van der Waals surface area contributed by atoms with Crippen LogP contribution < -0.4 is 5.32 Å². The molecule has 0 aliphatic rings. The van der Waals surface area contributed by atoms with Crippen LogP contribution in [0, 0.1) is 11.6 Å². The third-order valence-corrected chi connectivity index (χ3v) is 2.31. The van der Waals surface area contributed by atoms with Gasteiger partial charge in [-0.25, -0.2) is 13.6 Å². The van der Waals surface area contributed by atoms with Crippen LogP contribution in [0.15, 0.2) is 18.2 Å². The van der Waals surface area contributed by atoms with Crippen molar-refractivity contribution < 1.29 is 23.5 Å². The Morgan fingerprint density at radius 3 is 2.28 bits per heavy atom. The molecular formula is C12H13F2NO3. The molecule has 4 nitrogen and oxygen atoms in total. The van der Waals surface area contributed by atoms with Gasteiger partial charge in [-0.2, -0.15) is 0 Å². The summed E-state index contributed by atoms with van der Waals surface area (Å²) in [5, 5.41) is 11.1. The predicted octanol–water partition coefficient (Wildman–Crippen LogP) is 1.95. The normalized spacial score (nSPS) is 11.9. The molecule has 18 heavy (non-hydrogen) atoms. The summed E-state index contributed by atoms with van der Waals surface area (Å²) >= 11 is 0. The fraction of sp³-hybridized carbons (Fsp3) is 0.333. The van der Waals surface area contributed by atoms with Gasteiger partial charge in [-0.1, -0.05) is 13.3 Å². The fourth-order valence-electron chi connectivity index (χ4n) is 1.47. The molecule has 6 heteroatoms. The third kappa shape index (κ3) is 3.80. The molecule has 0 aliphatic carbocycles. The van der Waals surface area contributed by atoms with Crippen molar-refractivity contribution in [2.24, 2.45) is 0 Å². The molecule has 2 N–H and O–H groups in total. The zero-order chi connectivity index (χ0) is 13.7. The lowest BCUT2D eigenvalue weighted by molar-refractivity contribution is -0.139. The molecule has 0 saturated heterocycles. The van der Waals surface area contributed by atoms with Gasteiger partial charge in [-0.15, -0.1) is 0 Å². The van der Waals surface area contributed by atoms with Gasteiger partial charge in [-0.05, 0) is 18.6 Å². The van der Waals surface area contributed by atoms with Crippen LogP contribution in [0.25, 0.3) is 0 Å². The van der Waals surface area contributed by atoms with Gasteiger partial charge in [0.25, 0.3) is 5.91 Å². The van der Waals surface area contributed by atoms with Crippen LogP contribution in [-0.4, -0.2) is 23.0 Å². The predicted molar refractivity (Wildman–Crippen MR) is 60.2 cm³/mol. The minimum absolute atomic E-state index is 0.241. The van der Waals surface area contributed by atoms with Gasteiger partial charge in [0.1, 0.15) is 17.7 Å². The Morgan fingerprint density at radius 2 is 1.83 bits per heavy atom. The number of aliphatic carboxylic acids is 1. The first-order valence-electron chi connectivity index (χ1n) is 5.43. The van der Waals surface area contributed by atoms with Crippen molar-refractivity contribution in [1.29, 1.82) is 0 Å². The topological polar surface area (TPSA) is 66.4 Å². The number of hydrogen-bond acceptors (Lipinski definition) is 2. The Bertz CT molecular complexity index is 442. The third-order valence-electron chi connectivity index (χ3n) is 2.31. The second kappa shape index (κ2) is 6.09. The van der Waals surface area contributed by atoms with E-state index in [4.69, 9.17) is 5.11 Å². The van der Waals surface area contributed by atoms with E-state index < -0.39 is 29.6 Å². The second-order valence-corrected chi connectivity index (χ2v) is 3.81. The van der Waals surface area contributed by atoms with Gasteiger partial charge in [0.15, 0.2) is 0 Å². The van der Waals surface area contributed by atoms with E-state index in [1.54, 1.807) is 6.92 Å². The molecule has 0 heterocycles. The average Bonchev–Trinajstić information content (AvgIpc) is 2.26. The first-order valence-corrected chi connectivity index (χ1v) is 5.43. The molecule has 98 valence electrons. The van der Waals surface area contributed by atoms with Crippen LogP contribution in [0.2, 0.25) is 0 Å². The molecule has 0 saturated carbocycles. The van der Waals surface area contributed by atoms with Gasteiger partial charge in [0.2, 0.25) is 0 Å². The summed E-state index contributed by atoms with van der Waals surface area (Å²) in [4.78, 5) is 22.5. The summed E-state index contributed by atoms with van der Waals surface area (Å²) in [6, 6.07) is 1.28. The van der Waals surface area contributed by atoms with E-state index in [0.717, 1.165) is 12.1 Å². The first-order chi connectivity index (χ1) is 8.43. The van der Waals surface area contributed by atoms with Crippen molar-refractivity contribution in [3.05, 3.63) is 35.4 Å². The quantitative estimate of drug-likeness (QED) is 0.847. The number of carboxylic acid groups (broad SMARTS) is 1. The number of amides is 1. The molecular weight excluding hydrogens is 244 g/mol. The number of rotatable bonds is 5. The lowest BCUT2D eigenvalue weighted by Gasteiger charge is -2.13. The number of carbonyl (C=O) groups is 2. The number of nitrogens with one attached hydrogen (secondary N) is 1. The zero-order valence-corrected chi connectivity index (χ0v) is 9.74. The van der Waals surface area contributed by atoms with E-state index in [0.29, 0.717) is 12.5 Å². The summed E-state index contributed by atoms with van der Waals surface area (Å²) in [5.41, 5.74) is -0.241. The number of carbonyl (C=O) groups excluding carboxylic acids is 1. The number of halogens is 2. The van der Waals surface area contributed by atoms with Crippen LogP contribution in [0.1, 0.15) is 30.1 Å². The molecule has 1 aromatic carbocycles. The van der Waals surface area contributed by atoms with Gasteiger partial charge < -0.3 is 10.4 Å². The summed E-state index contributed by atoms with van der Waals surface area (Å²) in [7, 11) is 0. The smallest absolute Gasteiger partial charge is 0.326 e. The molecule has 0 fully saturated rings. The van der Waals surface area contributed by atoms with Crippen LogP contribution in [0.5, 0.6) is 0 Å². The molecule has 1 rings (SSSR count). The molecule has 1 atom stereocenters. The minimum Gasteiger partial charge on any atom is -0.480 e. The van der Waals surface area contributed by atoms with Crippen molar-refractivity contribution in [2.45, 2.75) is 25.8 Å². The van der Waals surface area contributed by atoms with Gasteiger partial charge in [0, 0.05) is 11.6 Å². The number of carboxylic acids is 1. The highest BCUT2D eigenvalue weighted by atomic mass is 19.1. The molecule has 1 amide bonds. The maximum Gasteiger partial charge on any atom is 0.326 e. The lowest BCUT2D eigenvalue weighted by atomic mass is 10.1. The lowest BCUT2D eigenvalue weighted by Crippen LogP contribution is -2.40. The summed E-state index contributed by atoms with van der Waals surface area (Å²) in [6.45, 7) is 1.77. The minimum atomic E-state index is -1.18. The molecule has 0 bridgehead atoms. The molecule has 0 aromatic heterocycles. The molecule has 0 radical (unpaired) electrons. The van der Waals surface area contributed by atoms with E-state index in [9.17, 15) is 18.4 Å². The maximum absolute atomic E-state index is 12.9. The summed E-state index contributed by atoms with van der Waals surface area (Å²) in [5.74, 6) is -3.76. The average molecular weight is 257 g/mol. The standard InChI is InChI=1S/C12H13F2NO3/c1-2-3-10(12(17)18)15-11(16)7-4-8(13)6-9(14)5-7/h4-6,10H,2-3H2,1H3,(H,15,16)(H,17,18)/t10-/m1/s1. The highest BCUT2D eigenvalue weighted by Crippen LogP contribution is 2.08. The zero-order valence-electron chi connectivity index (χ0n) is 9.74. The van der Waals surface area contributed by atoms with Crippen molar-refractivity contribution in [2.75, 3.05) is 0 Å². The Hall–Kier alpha value is -1.98. The van der Waals surface area contributed by atoms with Crippen LogP contribution in [0.3, 0.4) is 0 Å². The highest BCUT2D eigenvalue weighted by Gasteiger charge is 2.20. The fourth-order valence-corrected chi connectivity index (χ4v) is 1.47. The largest absolute Gasteiger partial charge is 0.480 e. The van der Waals surface area contributed by atoms with Crippen LogP contribution >= 0.6 is 0 Å². The Morgan fingerprint density at radius 1 is 1.28 bits per heavy atom. The Labute approximate surface area is 103 Å². The van der Waals surface area contributed by atoms with Crippen LogP contribution in [0.4, 0.5) is 8.78 Å². The van der Waals surface area contributed by atoms with Crippen molar-refractivity contribution >= 4 is 11.9 Å². The van der Waals surface area contributed by atoms with Crippen molar-refractivity contribution in [1.82, 2.24) is 5.32 Å².